The first-order valence-electron chi connectivity index (χ1n) is 9.38. The van der Waals surface area contributed by atoms with Crippen molar-refractivity contribution >= 4 is 29.3 Å². The number of rotatable bonds is 4. The lowest BCUT2D eigenvalue weighted by Gasteiger charge is -2.36. The Morgan fingerprint density at radius 2 is 1.88 bits per heavy atom. The molecule has 2 aliphatic rings. The van der Waals surface area contributed by atoms with E-state index >= 15 is 0 Å². The molecule has 3 rings (SSSR count). The van der Waals surface area contributed by atoms with Gasteiger partial charge < -0.3 is 10.2 Å². The Labute approximate surface area is 160 Å². The third-order valence-corrected chi connectivity index (χ3v) is 6.24. The van der Waals surface area contributed by atoms with E-state index < -0.39 is 0 Å². The maximum Gasteiger partial charge on any atom is 0.238 e. The van der Waals surface area contributed by atoms with E-state index in [2.05, 4.69) is 31.0 Å². The number of fused-ring (bicyclic) bond motifs is 1. The van der Waals surface area contributed by atoms with Crippen molar-refractivity contribution in [1.82, 2.24) is 9.80 Å². The van der Waals surface area contributed by atoms with Crippen molar-refractivity contribution in [3.05, 3.63) is 24.3 Å². The highest BCUT2D eigenvalue weighted by molar-refractivity contribution is 8.01. The lowest BCUT2D eigenvalue weighted by Crippen LogP contribution is -2.50. The fourth-order valence-corrected chi connectivity index (χ4v) is 4.33. The fourth-order valence-electron chi connectivity index (χ4n) is 3.23. The van der Waals surface area contributed by atoms with Crippen molar-refractivity contribution in [1.29, 1.82) is 0 Å². The van der Waals surface area contributed by atoms with Crippen LogP contribution in [0.15, 0.2) is 29.2 Å². The van der Waals surface area contributed by atoms with Gasteiger partial charge in [0.05, 0.1) is 10.9 Å². The van der Waals surface area contributed by atoms with Gasteiger partial charge in [-0.3, -0.25) is 14.5 Å². The van der Waals surface area contributed by atoms with Crippen LogP contribution in [-0.4, -0.2) is 59.6 Å². The van der Waals surface area contributed by atoms with Crippen molar-refractivity contribution in [2.24, 2.45) is 5.41 Å². The molecule has 1 atom stereocenters. The van der Waals surface area contributed by atoms with Crippen LogP contribution in [0, 0.1) is 5.41 Å². The number of para-hydroxylation sites is 1. The lowest BCUT2D eigenvalue weighted by atomic mass is 9.92. The van der Waals surface area contributed by atoms with E-state index in [0.29, 0.717) is 5.41 Å². The molecule has 1 fully saturated rings. The van der Waals surface area contributed by atoms with Crippen molar-refractivity contribution in [3.8, 4) is 0 Å². The number of piperazine rings is 1. The van der Waals surface area contributed by atoms with E-state index in [4.69, 9.17) is 0 Å². The molecule has 142 valence electrons. The van der Waals surface area contributed by atoms with Gasteiger partial charge in [0.2, 0.25) is 11.8 Å². The SMILES string of the molecule is CC(C)(C)CCN1CCN(C(=O)CC2Sc3ccccc3NC2=O)CC1. The van der Waals surface area contributed by atoms with Crippen LogP contribution in [0.1, 0.15) is 33.6 Å². The first kappa shape index (κ1) is 19.2. The quantitative estimate of drug-likeness (QED) is 0.879. The smallest absolute Gasteiger partial charge is 0.238 e. The molecular weight excluding hydrogens is 346 g/mol. The summed E-state index contributed by atoms with van der Waals surface area (Å²) in [7, 11) is 0. The maximum absolute atomic E-state index is 12.7. The molecule has 1 saturated heterocycles. The highest BCUT2D eigenvalue weighted by Gasteiger charge is 2.31. The molecule has 0 aliphatic carbocycles. The van der Waals surface area contributed by atoms with Crippen molar-refractivity contribution in [2.45, 2.75) is 43.8 Å². The van der Waals surface area contributed by atoms with Gasteiger partial charge in [-0.1, -0.05) is 32.9 Å². The van der Waals surface area contributed by atoms with Crippen LogP contribution < -0.4 is 5.32 Å². The maximum atomic E-state index is 12.7. The molecule has 2 aliphatic heterocycles. The van der Waals surface area contributed by atoms with E-state index in [0.717, 1.165) is 43.3 Å². The Hall–Kier alpha value is -1.53. The van der Waals surface area contributed by atoms with Gasteiger partial charge in [-0.2, -0.15) is 0 Å². The minimum absolute atomic E-state index is 0.0640. The number of carbonyl (C=O) groups excluding carboxylic acids is 2. The number of hydrogen-bond donors (Lipinski definition) is 1. The fraction of sp³-hybridized carbons (Fsp3) is 0.600. The number of hydrogen-bond acceptors (Lipinski definition) is 4. The molecule has 1 aromatic rings. The summed E-state index contributed by atoms with van der Waals surface area (Å²) in [6, 6.07) is 7.75. The molecule has 26 heavy (non-hydrogen) atoms. The number of nitrogens with zero attached hydrogens (tertiary/aromatic N) is 2. The normalized spacial score (nSPS) is 21.3. The van der Waals surface area contributed by atoms with Gasteiger partial charge in [-0.05, 0) is 30.5 Å². The molecule has 1 unspecified atom stereocenters. The summed E-state index contributed by atoms with van der Waals surface area (Å²) in [5, 5.41) is 2.58. The standard InChI is InChI=1S/C20H29N3O2S/c1-20(2,3)8-9-22-10-12-23(13-11-22)18(24)14-17-19(25)21-15-6-4-5-7-16(15)26-17/h4-7,17H,8-14H2,1-3H3,(H,21,25). The van der Waals surface area contributed by atoms with E-state index in [1.165, 1.54) is 18.2 Å². The van der Waals surface area contributed by atoms with Gasteiger partial charge in [0.25, 0.3) is 0 Å². The number of amides is 2. The van der Waals surface area contributed by atoms with Crippen molar-refractivity contribution in [2.75, 3.05) is 38.0 Å². The highest BCUT2D eigenvalue weighted by atomic mass is 32.2. The molecule has 2 amide bonds. The molecule has 0 saturated carbocycles. The monoisotopic (exact) mass is 375 g/mol. The zero-order chi connectivity index (χ0) is 18.7. The molecule has 0 spiro atoms. The van der Waals surface area contributed by atoms with Gasteiger partial charge in [0.1, 0.15) is 0 Å². The molecule has 5 nitrogen and oxygen atoms in total. The highest BCUT2D eigenvalue weighted by Crippen LogP contribution is 2.36. The van der Waals surface area contributed by atoms with Crippen LogP contribution in [0.4, 0.5) is 5.69 Å². The third-order valence-electron chi connectivity index (χ3n) is 4.97. The minimum Gasteiger partial charge on any atom is -0.340 e. The van der Waals surface area contributed by atoms with E-state index in [1.54, 1.807) is 0 Å². The summed E-state index contributed by atoms with van der Waals surface area (Å²) in [5.41, 5.74) is 1.19. The Balaban J connectivity index is 1.48. The minimum atomic E-state index is -0.337. The molecule has 1 aromatic carbocycles. The van der Waals surface area contributed by atoms with Crippen LogP contribution in [-0.2, 0) is 9.59 Å². The number of nitrogens with one attached hydrogen (secondary N) is 1. The predicted molar refractivity (Wildman–Crippen MR) is 106 cm³/mol. The van der Waals surface area contributed by atoms with Crippen molar-refractivity contribution in [3.63, 3.8) is 0 Å². The topological polar surface area (TPSA) is 52.6 Å². The third kappa shape index (κ3) is 5.01. The summed E-state index contributed by atoms with van der Waals surface area (Å²) in [5.74, 6) is 0.0263. The predicted octanol–water partition coefficient (Wildman–Crippen LogP) is 3.07. The molecule has 0 aromatic heterocycles. The zero-order valence-corrected chi connectivity index (χ0v) is 16.8. The summed E-state index contributed by atoms with van der Waals surface area (Å²) >= 11 is 1.50. The average Bonchev–Trinajstić information content (AvgIpc) is 2.60. The average molecular weight is 376 g/mol. The molecule has 6 heteroatoms. The van der Waals surface area contributed by atoms with Gasteiger partial charge in [0.15, 0.2) is 0 Å². The first-order valence-corrected chi connectivity index (χ1v) is 10.3. The van der Waals surface area contributed by atoms with Gasteiger partial charge in [-0.25, -0.2) is 0 Å². The van der Waals surface area contributed by atoms with Crippen molar-refractivity contribution < 1.29 is 9.59 Å². The zero-order valence-electron chi connectivity index (χ0n) is 16.0. The summed E-state index contributed by atoms with van der Waals surface area (Å²) < 4.78 is 0. The van der Waals surface area contributed by atoms with Gasteiger partial charge in [-0.15, -0.1) is 11.8 Å². The summed E-state index contributed by atoms with van der Waals surface area (Å²) in [6.07, 6.45) is 1.44. The second kappa shape index (κ2) is 8.01. The Morgan fingerprint density at radius 3 is 2.58 bits per heavy atom. The summed E-state index contributed by atoms with van der Waals surface area (Å²) in [6.45, 7) is 11.2. The second-order valence-electron chi connectivity index (χ2n) is 8.33. The van der Waals surface area contributed by atoms with Gasteiger partial charge >= 0.3 is 0 Å². The van der Waals surface area contributed by atoms with Gasteiger partial charge in [0, 0.05) is 37.5 Å². The molecule has 0 radical (unpaired) electrons. The van der Waals surface area contributed by atoms with E-state index in [1.807, 2.05) is 29.2 Å². The van der Waals surface area contributed by atoms with Crippen LogP contribution in [0.2, 0.25) is 0 Å². The number of thioether (sulfide) groups is 1. The van der Waals surface area contributed by atoms with Crippen LogP contribution >= 0.6 is 11.8 Å². The Morgan fingerprint density at radius 1 is 1.19 bits per heavy atom. The molecule has 2 heterocycles. The molecule has 0 bridgehead atoms. The van der Waals surface area contributed by atoms with E-state index in [-0.39, 0.29) is 23.5 Å². The van der Waals surface area contributed by atoms with E-state index in [9.17, 15) is 9.59 Å². The number of benzene rings is 1. The summed E-state index contributed by atoms with van der Waals surface area (Å²) in [4.78, 5) is 30.4. The number of anilines is 1. The first-order chi connectivity index (χ1) is 12.3. The Bertz CT molecular complexity index is 663. The second-order valence-corrected chi connectivity index (χ2v) is 9.57. The van der Waals surface area contributed by atoms with Crippen LogP contribution in [0.3, 0.4) is 0 Å². The lowest BCUT2D eigenvalue weighted by molar-refractivity contribution is -0.134. The Kier molecular flexibility index (Phi) is 5.92. The van der Waals surface area contributed by atoms with Crippen LogP contribution in [0.25, 0.3) is 0 Å². The number of carbonyl (C=O) groups is 2. The molecular formula is C20H29N3O2S. The van der Waals surface area contributed by atoms with Crippen LogP contribution in [0.5, 0.6) is 0 Å². The molecule has 1 N–H and O–H groups in total. The largest absolute Gasteiger partial charge is 0.340 e.